The molecule has 16 aromatic rings. The van der Waals surface area contributed by atoms with Gasteiger partial charge in [-0.3, -0.25) is 0 Å². The van der Waals surface area contributed by atoms with E-state index in [9.17, 15) is 0 Å². The van der Waals surface area contributed by atoms with Crippen molar-refractivity contribution in [2.24, 2.45) is 0 Å². The van der Waals surface area contributed by atoms with Crippen LogP contribution in [0.4, 0.5) is 34.1 Å². The van der Waals surface area contributed by atoms with Gasteiger partial charge in [0.15, 0.2) is 0 Å². The summed E-state index contributed by atoms with van der Waals surface area (Å²) in [5.74, 6) is 0. The van der Waals surface area contributed by atoms with Gasteiger partial charge >= 0.3 is 0 Å². The van der Waals surface area contributed by atoms with E-state index in [1.807, 2.05) is 28.7 Å². The number of nitrogens with zero attached hydrogens (tertiary/aromatic N) is 2. The Bertz CT molecular complexity index is 4840. The fourth-order valence-corrected chi connectivity index (χ4v) is 14.4. The molecule has 0 aliphatic carbocycles. The van der Waals surface area contributed by atoms with Crippen molar-refractivity contribution in [1.29, 1.82) is 0 Å². The highest BCUT2D eigenvalue weighted by Gasteiger charge is 2.26. The number of anilines is 6. The second-order valence-corrected chi connectivity index (χ2v) is 23.4. The minimum Gasteiger partial charge on any atom is -0.456 e. The number of rotatable bonds is 11. The fourth-order valence-electron chi connectivity index (χ4n) is 12.3. The predicted octanol–water partition coefficient (Wildman–Crippen LogP) is 23.6. The average Bonchev–Trinajstić information content (AvgIpc) is 4.06. The third kappa shape index (κ3) is 8.73. The van der Waals surface area contributed by atoms with E-state index in [0.717, 1.165) is 101 Å². The third-order valence-electron chi connectivity index (χ3n) is 16.2. The van der Waals surface area contributed by atoms with Crippen LogP contribution in [0.15, 0.2) is 308 Å². The van der Waals surface area contributed by atoms with E-state index in [0.29, 0.717) is 0 Å². The molecule has 0 spiro atoms. The molecule has 3 nitrogen and oxygen atoms in total. The van der Waals surface area contributed by atoms with Gasteiger partial charge < -0.3 is 14.2 Å². The average molecular weight is 1100 g/mol. The van der Waals surface area contributed by atoms with Gasteiger partial charge in [-0.05, 0) is 154 Å². The van der Waals surface area contributed by atoms with E-state index in [-0.39, 0.29) is 0 Å². The van der Waals surface area contributed by atoms with E-state index in [4.69, 9.17) is 4.42 Å². The van der Waals surface area contributed by atoms with Crippen LogP contribution in [0.2, 0.25) is 0 Å². The topological polar surface area (TPSA) is 19.6 Å². The van der Waals surface area contributed by atoms with E-state index in [1.54, 1.807) is 0 Å². The molecule has 0 fully saturated rings. The van der Waals surface area contributed by atoms with Crippen LogP contribution >= 0.6 is 22.7 Å². The van der Waals surface area contributed by atoms with Gasteiger partial charge in [0.2, 0.25) is 0 Å². The van der Waals surface area contributed by atoms with Gasteiger partial charge in [-0.25, -0.2) is 0 Å². The summed E-state index contributed by atoms with van der Waals surface area (Å²) in [4.78, 5) is 5.01. The van der Waals surface area contributed by atoms with E-state index in [2.05, 4.69) is 307 Å². The molecule has 0 radical (unpaired) electrons. The second kappa shape index (κ2) is 20.4. The molecule has 0 unspecified atom stereocenters. The predicted molar refractivity (Wildman–Crippen MR) is 356 cm³/mol. The Morgan fingerprint density at radius 3 is 1.12 bits per heavy atom. The molecular formula is C78H50N2OS2. The number of hydrogen-bond donors (Lipinski definition) is 0. The summed E-state index contributed by atoms with van der Waals surface area (Å²) in [7, 11) is 0. The molecule has 16 rings (SSSR count). The number of benzene rings is 13. The summed E-state index contributed by atoms with van der Waals surface area (Å²) in [5.41, 5.74) is 19.3. The molecule has 0 bridgehead atoms. The highest BCUT2D eigenvalue weighted by molar-refractivity contribution is 7.26. The first-order valence-electron chi connectivity index (χ1n) is 28.1. The third-order valence-corrected chi connectivity index (χ3v) is 18.5. The Morgan fingerprint density at radius 2 is 0.614 bits per heavy atom. The zero-order valence-electron chi connectivity index (χ0n) is 45.0. The van der Waals surface area contributed by atoms with Gasteiger partial charge in [-0.15, -0.1) is 22.7 Å². The first-order chi connectivity index (χ1) is 41.1. The quantitative estimate of drug-likeness (QED) is 0.129. The highest BCUT2D eigenvalue weighted by atomic mass is 32.1. The van der Waals surface area contributed by atoms with Crippen molar-refractivity contribution in [1.82, 2.24) is 0 Å². The first kappa shape index (κ1) is 48.6. The number of thiophene rings is 2. The smallest absolute Gasteiger partial charge is 0.135 e. The SMILES string of the molecule is c1ccc(-c2ccc(N(c3cc(-c4ccc5oc6ccccc6c5c4)cc(N(c4ccc5sc6ccccc6c5c4)c4ccc(-c5ccccc5)cc4-c4ccccc4)c3)c3ccc4sc5ccccc5c4c3)c(-c3ccccc3)c2)cc1. The van der Waals surface area contributed by atoms with Crippen LogP contribution in [0.25, 0.3) is 118 Å². The minimum absolute atomic E-state index is 0.860. The molecule has 0 saturated heterocycles. The highest BCUT2D eigenvalue weighted by Crippen LogP contribution is 2.51. The summed E-state index contributed by atoms with van der Waals surface area (Å²) < 4.78 is 11.5. The Hall–Kier alpha value is -10.3. The molecule has 3 heterocycles. The molecule has 0 aliphatic rings. The number of fused-ring (bicyclic) bond motifs is 9. The lowest BCUT2D eigenvalue weighted by atomic mass is 9.94. The molecular weight excluding hydrogens is 1050 g/mol. The van der Waals surface area contributed by atoms with Crippen molar-refractivity contribution in [2.45, 2.75) is 0 Å². The Morgan fingerprint density at radius 1 is 0.217 bits per heavy atom. The number of hydrogen-bond acceptors (Lipinski definition) is 5. The lowest BCUT2D eigenvalue weighted by molar-refractivity contribution is 0.669. The zero-order chi connectivity index (χ0) is 54.8. The maximum Gasteiger partial charge on any atom is 0.135 e. The molecule has 0 atom stereocenters. The maximum atomic E-state index is 6.50. The molecule has 5 heteroatoms. The van der Waals surface area contributed by atoms with Crippen LogP contribution in [-0.4, -0.2) is 0 Å². The summed E-state index contributed by atoms with van der Waals surface area (Å²) in [5, 5.41) is 7.13. The van der Waals surface area contributed by atoms with Gasteiger partial charge in [0, 0.05) is 85.0 Å². The normalized spacial score (nSPS) is 11.6. The zero-order valence-corrected chi connectivity index (χ0v) is 46.6. The van der Waals surface area contributed by atoms with Crippen LogP contribution in [0, 0.1) is 0 Å². The van der Waals surface area contributed by atoms with Gasteiger partial charge in [0.25, 0.3) is 0 Å². The minimum atomic E-state index is 0.860. The second-order valence-electron chi connectivity index (χ2n) is 21.2. The molecule has 0 N–H and O–H groups in total. The lowest BCUT2D eigenvalue weighted by Gasteiger charge is -2.32. The van der Waals surface area contributed by atoms with Crippen molar-refractivity contribution >= 4 is 119 Å². The van der Waals surface area contributed by atoms with Crippen LogP contribution in [0.3, 0.4) is 0 Å². The molecule has 13 aromatic carbocycles. The Kier molecular flexibility index (Phi) is 11.9. The monoisotopic (exact) mass is 1090 g/mol. The Labute approximate surface area is 489 Å². The molecule has 0 aliphatic heterocycles. The van der Waals surface area contributed by atoms with Crippen molar-refractivity contribution < 1.29 is 4.42 Å². The van der Waals surface area contributed by atoms with E-state index in [1.165, 1.54) is 51.5 Å². The fraction of sp³-hybridized carbons (Fsp3) is 0. The van der Waals surface area contributed by atoms with Crippen molar-refractivity contribution in [3.63, 3.8) is 0 Å². The summed E-state index contributed by atoms with van der Waals surface area (Å²) in [6.45, 7) is 0. The molecule has 83 heavy (non-hydrogen) atoms. The lowest BCUT2D eigenvalue weighted by Crippen LogP contribution is -2.15. The summed E-state index contributed by atoms with van der Waals surface area (Å²) >= 11 is 3.69. The summed E-state index contributed by atoms with van der Waals surface area (Å²) in [6.07, 6.45) is 0. The van der Waals surface area contributed by atoms with Crippen molar-refractivity contribution in [3.8, 4) is 55.6 Å². The van der Waals surface area contributed by atoms with Crippen LogP contribution in [-0.2, 0) is 0 Å². The van der Waals surface area contributed by atoms with Gasteiger partial charge in [-0.1, -0.05) is 194 Å². The first-order valence-corrected chi connectivity index (χ1v) is 29.7. The van der Waals surface area contributed by atoms with Gasteiger partial charge in [0.05, 0.1) is 11.4 Å². The molecule has 0 saturated carbocycles. The molecule has 390 valence electrons. The standard InChI is InChI=1S/C78H50N2OS2/c1-5-19-51(20-6-1)55-33-38-71(66(45-55)53-23-9-3-10-24-53)79(59-36-41-77-69(49-59)64-28-14-17-31-75(64)82-77)61-43-58(57-35-40-74-68(47-57)63-27-13-16-30-73(63)81-74)44-62(48-61)80(60-37-42-78-70(50-60)65-29-15-18-32-76(65)83-78)72-39-34-56(52-21-7-2-8-22-52)46-67(72)54-25-11-4-12-26-54/h1-50H. The van der Waals surface area contributed by atoms with Crippen LogP contribution in [0.5, 0.6) is 0 Å². The van der Waals surface area contributed by atoms with E-state index < -0.39 is 0 Å². The van der Waals surface area contributed by atoms with Crippen LogP contribution < -0.4 is 9.80 Å². The molecule has 0 amide bonds. The van der Waals surface area contributed by atoms with Gasteiger partial charge in [-0.2, -0.15) is 0 Å². The van der Waals surface area contributed by atoms with Crippen molar-refractivity contribution in [3.05, 3.63) is 303 Å². The Balaban J connectivity index is 1.02. The largest absolute Gasteiger partial charge is 0.456 e. The van der Waals surface area contributed by atoms with Crippen molar-refractivity contribution in [2.75, 3.05) is 9.80 Å². The summed E-state index contributed by atoms with van der Waals surface area (Å²) in [6, 6.07) is 111. The maximum absolute atomic E-state index is 6.50. The molecule has 3 aromatic heterocycles. The number of para-hydroxylation sites is 1. The van der Waals surface area contributed by atoms with E-state index >= 15 is 0 Å². The van der Waals surface area contributed by atoms with Gasteiger partial charge in [0.1, 0.15) is 11.2 Å². The van der Waals surface area contributed by atoms with Crippen LogP contribution in [0.1, 0.15) is 0 Å². The number of furan rings is 1.